The van der Waals surface area contributed by atoms with Gasteiger partial charge in [-0.3, -0.25) is 32.5 Å². The van der Waals surface area contributed by atoms with Gasteiger partial charge < -0.3 is 34.2 Å². The van der Waals surface area contributed by atoms with Crippen LogP contribution in [0.4, 0.5) is 0 Å². The first-order valence-corrected chi connectivity index (χ1v) is 50.5. The number of ether oxygens (including phenoxy) is 3. The molecule has 0 fully saturated rings. The number of carbonyl (C=O) groups is 3. The second-order valence-corrected chi connectivity index (χ2v) is 34.7. The van der Waals surface area contributed by atoms with Gasteiger partial charge in [-0.2, -0.15) is 0 Å². The molecule has 0 spiro atoms. The van der Waals surface area contributed by atoms with E-state index in [-0.39, 0.29) is 19.3 Å². The van der Waals surface area contributed by atoms with Crippen molar-refractivity contribution in [3.05, 3.63) is 134 Å². The molecule has 16 nitrogen and oxygen atoms in total. The van der Waals surface area contributed by atoms with Gasteiger partial charge in [0.25, 0.3) is 0 Å². The molecule has 0 saturated carbocycles. The third-order valence-electron chi connectivity index (χ3n) is 20.3. The number of esters is 3. The van der Waals surface area contributed by atoms with Crippen LogP contribution in [0.15, 0.2) is 134 Å². The minimum absolute atomic E-state index is 0.0929. The Morgan fingerprint density at radius 3 is 0.718 bits per heavy atom. The number of carbonyl (C=O) groups excluding carboxylic acids is 3. The Morgan fingerprint density at radius 2 is 0.453 bits per heavy atom. The fourth-order valence-electron chi connectivity index (χ4n) is 13.1. The average molecular weight is 1680 g/mol. The zero-order valence-corrected chi connectivity index (χ0v) is 76.4. The molecule has 5 unspecified atom stereocenters. The second-order valence-electron chi connectivity index (χ2n) is 31.8. The molecule has 0 aromatic rings. The van der Waals surface area contributed by atoms with Crippen LogP contribution in [-0.2, 0) is 55.8 Å². The zero-order valence-electron chi connectivity index (χ0n) is 74.6. The number of rotatable bonds is 90. The predicted octanol–water partition coefficient (Wildman–Crippen LogP) is 29.3. The van der Waals surface area contributed by atoms with Crippen LogP contribution in [0.25, 0.3) is 0 Å². The van der Waals surface area contributed by atoms with Gasteiger partial charge in [0.2, 0.25) is 0 Å². The molecule has 0 aliphatic carbocycles. The molecule has 0 aliphatic heterocycles. The molecule has 0 aromatic heterocycles. The molecule has 117 heavy (non-hydrogen) atoms. The van der Waals surface area contributed by atoms with Crippen LogP contribution in [0.3, 0.4) is 0 Å². The first-order chi connectivity index (χ1) is 57.2. The Labute approximate surface area is 715 Å². The highest BCUT2D eigenvalue weighted by Crippen LogP contribution is 2.45. The average Bonchev–Trinajstić information content (AvgIpc) is 0.900. The number of allylic oxidation sites excluding steroid dienone is 22. The smallest absolute Gasteiger partial charge is 0.463 e. The lowest BCUT2D eigenvalue weighted by molar-refractivity contribution is -0.161. The number of phosphoric acid groups is 2. The van der Waals surface area contributed by atoms with E-state index in [1.807, 2.05) is 0 Å². The van der Waals surface area contributed by atoms with E-state index in [9.17, 15) is 43.5 Å². The van der Waals surface area contributed by atoms with E-state index < -0.39 is 91.5 Å². The van der Waals surface area contributed by atoms with Crippen LogP contribution in [-0.4, -0.2) is 95.9 Å². The minimum Gasteiger partial charge on any atom is -0.463 e. The molecule has 4 N–H and O–H groups in total. The van der Waals surface area contributed by atoms with Crippen LogP contribution in [0.2, 0.25) is 0 Å². The van der Waals surface area contributed by atoms with Crippen molar-refractivity contribution in [3.63, 3.8) is 0 Å². The summed E-state index contributed by atoms with van der Waals surface area (Å²) in [4.78, 5) is 59.0. The third-order valence-corrected chi connectivity index (χ3v) is 22.2. The first kappa shape index (κ1) is 113. The molecule has 0 saturated heterocycles. The van der Waals surface area contributed by atoms with Crippen molar-refractivity contribution >= 4 is 33.6 Å². The van der Waals surface area contributed by atoms with Crippen molar-refractivity contribution in [2.75, 3.05) is 39.6 Å². The van der Waals surface area contributed by atoms with Gasteiger partial charge in [-0.1, -0.05) is 392 Å². The standard InChI is InChI=1S/C99H174O16P2/c1-4-7-10-13-16-19-22-25-28-31-33-35-37-39-41-43-45-46-48-50-51-53-55-57-59-62-64-67-70-73-76-79-82-85-97(102)109-88-94(100)89-111-116(105,106)112-90-95(101)91-113-117(107,108)114-93-96(115-99(104)87-84-81-78-75-72-69-66-61-30-27-24-21-18-15-12-9-6-3)92-110-98(103)86-83-80-77-74-71-68-65-63-60-58-56-54-52-49-47-44-42-40-38-36-34-32-29-26-23-20-17-14-11-8-5-2/h9,12,16-21,25-30,33-36,39-42,94-96,100-101H,4-8,10-11,13-15,22-24,31-32,37-38,43-93H2,1-3H3,(H,105,106)(H,107,108)/b12-9-,19-16-,20-17-,21-18-,28-25-,29-26-,30-27-,35-33-,36-34-,41-39-,42-40-. The number of hydrogen-bond acceptors (Lipinski definition) is 14. The number of aliphatic hydroxyl groups excluding tert-OH is 2. The molecule has 0 aliphatic rings. The molecule has 0 bridgehead atoms. The van der Waals surface area contributed by atoms with E-state index in [0.717, 1.165) is 141 Å². The summed E-state index contributed by atoms with van der Waals surface area (Å²) >= 11 is 0. The largest absolute Gasteiger partial charge is 0.472 e. The lowest BCUT2D eigenvalue weighted by atomic mass is 10.0. The van der Waals surface area contributed by atoms with Gasteiger partial charge in [-0.15, -0.1) is 0 Å². The van der Waals surface area contributed by atoms with Crippen molar-refractivity contribution in [2.24, 2.45) is 0 Å². The van der Waals surface area contributed by atoms with Gasteiger partial charge in [-0.25, -0.2) is 9.13 Å². The molecule has 0 radical (unpaired) electrons. The maximum atomic E-state index is 13.0. The van der Waals surface area contributed by atoms with E-state index in [1.54, 1.807) is 0 Å². The summed E-state index contributed by atoms with van der Waals surface area (Å²) in [6.45, 7) is 2.57. The van der Waals surface area contributed by atoms with Crippen molar-refractivity contribution in [3.8, 4) is 0 Å². The van der Waals surface area contributed by atoms with E-state index in [1.165, 1.54) is 218 Å². The number of aliphatic hydroxyl groups is 2. The summed E-state index contributed by atoms with van der Waals surface area (Å²) in [6, 6.07) is 0. The molecule has 0 aromatic carbocycles. The highest BCUT2D eigenvalue weighted by molar-refractivity contribution is 7.47. The Morgan fingerprint density at radius 1 is 0.248 bits per heavy atom. The summed E-state index contributed by atoms with van der Waals surface area (Å²) in [5.41, 5.74) is 0. The van der Waals surface area contributed by atoms with Gasteiger partial charge in [0, 0.05) is 19.3 Å². The van der Waals surface area contributed by atoms with Crippen LogP contribution < -0.4 is 0 Å². The summed E-state index contributed by atoms with van der Waals surface area (Å²) in [5.74, 6) is -1.57. The zero-order chi connectivity index (χ0) is 85.1. The van der Waals surface area contributed by atoms with Crippen molar-refractivity contribution < 1.29 is 75.8 Å². The van der Waals surface area contributed by atoms with E-state index in [2.05, 4.69) is 154 Å². The molecule has 0 amide bonds. The quantitative estimate of drug-likeness (QED) is 0.0146. The minimum atomic E-state index is -4.94. The lowest BCUT2D eigenvalue weighted by Crippen LogP contribution is -2.30. The second kappa shape index (κ2) is 90.9. The Balaban J connectivity index is 4.47. The van der Waals surface area contributed by atoms with Gasteiger partial charge in [-0.05, 0) is 141 Å². The monoisotopic (exact) mass is 1680 g/mol. The SMILES string of the molecule is CC/C=C\C/C=C\C/C=C\CCCCCCCCCC(=O)OC(COC(=O)CCCCCCCCCCCCCCCCC/C=C\C/C=C\C/C=C\C/C=C\CCCCC)COP(=O)(O)OCC(O)COP(=O)(O)OCC(O)COC(=O)CCCCCCCCCCCCCCCCCCC/C=C\C/C=C\C/C=C\C/C=C\CCCCC. The molecule has 676 valence electrons. The van der Waals surface area contributed by atoms with Gasteiger partial charge in [0.05, 0.1) is 26.4 Å². The van der Waals surface area contributed by atoms with Crippen LogP contribution in [0.5, 0.6) is 0 Å². The summed E-state index contributed by atoms with van der Waals surface area (Å²) in [7, 11) is -9.80. The predicted molar refractivity (Wildman–Crippen MR) is 491 cm³/mol. The van der Waals surface area contributed by atoms with Gasteiger partial charge >= 0.3 is 33.6 Å². The molecule has 0 rings (SSSR count). The fraction of sp³-hybridized carbons (Fsp3) is 0.747. The third kappa shape index (κ3) is 92.3. The summed E-state index contributed by atoms with van der Waals surface area (Å²) < 4.78 is 61.5. The normalized spacial score (nSPS) is 14.4. The van der Waals surface area contributed by atoms with Crippen LogP contribution >= 0.6 is 15.6 Å². The maximum Gasteiger partial charge on any atom is 0.472 e. The van der Waals surface area contributed by atoms with E-state index in [4.69, 9.17) is 32.3 Å². The van der Waals surface area contributed by atoms with E-state index >= 15 is 0 Å². The van der Waals surface area contributed by atoms with Crippen molar-refractivity contribution in [1.82, 2.24) is 0 Å². The number of unbranched alkanes of at least 4 members (excludes halogenated alkanes) is 45. The summed E-state index contributed by atoms with van der Waals surface area (Å²) in [5, 5.41) is 20.7. The maximum absolute atomic E-state index is 13.0. The highest BCUT2D eigenvalue weighted by atomic mass is 31.2. The van der Waals surface area contributed by atoms with Gasteiger partial charge in [0.15, 0.2) is 6.10 Å². The fourth-order valence-corrected chi connectivity index (χ4v) is 14.7. The lowest BCUT2D eigenvalue weighted by Gasteiger charge is -2.21. The highest BCUT2D eigenvalue weighted by Gasteiger charge is 2.30. The number of phosphoric ester groups is 2. The van der Waals surface area contributed by atoms with Gasteiger partial charge in [0.1, 0.15) is 25.4 Å². The Bertz CT molecular complexity index is 2660. The summed E-state index contributed by atoms with van der Waals surface area (Å²) in [6.07, 6.45) is 114. The Kier molecular flexibility index (Phi) is 87.6. The molecule has 0 heterocycles. The topological polar surface area (TPSA) is 231 Å². The molecular weight excluding hydrogens is 1510 g/mol. The van der Waals surface area contributed by atoms with Crippen LogP contribution in [0.1, 0.15) is 419 Å². The van der Waals surface area contributed by atoms with Crippen molar-refractivity contribution in [2.45, 2.75) is 437 Å². The molecule has 18 heteroatoms. The number of hydrogen-bond donors (Lipinski definition) is 4. The Hall–Kier alpha value is -4.31. The first-order valence-electron chi connectivity index (χ1n) is 47.5. The molecule has 5 atom stereocenters. The van der Waals surface area contributed by atoms with E-state index in [0.29, 0.717) is 19.3 Å². The molecular formula is C99H174O16P2. The van der Waals surface area contributed by atoms with Crippen molar-refractivity contribution in [1.29, 1.82) is 0 Å². The van der Waals surface area contributed by atoms with Crippen LogP contribution in [0, 0.1) is 0 Å².